The lowest BCUT2D eigenvalue weighted by Crippen LogP contribution is -2.58. The second-order valence-corrected chi connectivity index (χ2v) is 8.19. The number of pyridine rings is 1. The highest BCUT2D eigenvalue weighted by Gasteiger charge is 2.43. The predicted molar refractivity (Wildman–Crippen MR) is 120 cm³/mol. The number of hydrogen-bond acceptors (Lipinski definition) is 5. The van der Waals surface area contributed by atoms with Gasteiger partial charge >= 0.3 is 6.03 Å². The molecule has 168 valence electrons. The number of fused-ring (bicyclic) bond motifs is 1. The van der Waals surface area contributed by atoms with E-state index in [0.29, 0.717) is 44.6 Å². The van der Waals surface area contributed by atoms with Crippen molar-refractivity contribution in [1.29, 1.82) is 0 Å². The molecule has 4 rings (SSSR count). The molecule has 3 atom stereocenters. The molecule has 2 aliphatic heterocycles. The fourth-order valence-corrected chi connectivity index (χ4v) is 4.31. The van der Waals surface area contributed by atoms with E-state index in [1.165, 1.54) is 0 Å². The van der Waals surface area contributed by atoms with Crippen molar-refractivity contribution in [3.05, 3.63) is 60.4 Å². The summed E-state index contributed by atoms with van der Waals surface area (Å²) in [6.45, 7) is 1.54. The highest BCUT2D eigenvalue weighted by molar-refractivity contribution is 5.89. The molecule has 2 saturated heterocycles. The lowest BCUT2D eigenvalue weighted by Gasteiger charge is -2.37. The Balaban J connectivity index is 1.26. The van der Waals surface area contributed by atoms with Crippen molar-refractivity contribution in [3.8, 4) is 0 Å². The smallest absolute Gasteiger partial charge is 0.319 e. The molecule has 0 aliphatic carbocycles. The fraction of sp³-hybridized carbons (Fsp3) is 0.391. The average Bonchev–Trinajstić information content (AvgIpc) is 3.23. The van der Waals surface area contributed by atoms with Crippen LogP contribution >= 0.6 is 0 Å². The van der Waals surface area contributed by atoms with E-state index >= 15 is 0 Å². The Labute approximate surface area is 187 Å². The Morgan fingerprint density at radius 3 is 2.78 bits per heavy atom. The first-order chi connectivity index (χ1) is 15.6. The summed E-state index contributed by atoms with van der Waals surface area (Å²) in [5.41, 5.74) is 1.67. The molecule has 9 nitrogen and oxygen atoms in total. The van der Waals surface area contributed by atoms with Gasteiger partial charge in [-0.3, -0.25) is 19.5 Å². The Bertz CT molecular complexity index is 939. The molecule has 1 aromatic carbocycles. The predicted octanol–water partition coefficient (Wildman–Crippen LogP) is 1.24. The zero-order chi connectivity index (χ0) is 22.3. The third-order valence-electron chi connectivity index (χ3n) is 5.91. The molecule has 9 heteroatoms. The number of piperazine rings is 1. The molecule has 32 heavy (non-hydrogen) atoms. The molecular weight excluding hydrogens is 408 g/mol. The summed E-state index contributed by atoms with van der Waals surface area (Å²) in [6, 6.07) is 12.4. The maximum atomic E-state index is 12.4. The van der Waals surface area contributed by atoms with Crippen molar-refractivity contribution in [3.63, 3.8) is 0 Å². The molecule has 0 radical (unpaired) electrons. The summed E-state index contributed by atoms with van der Waals surface area (Å²) in [6.07, 6.45) is 4.99. The minimum Gasteiger partial charge on any atom is -0.353 e. The number of hydrogen-bond donors (Lipinski definition) is 4. The van der Waals surface area contributed by atoms with E-state index in [0.717, 1.165) is 5.56 Å². The van der Waals surface area contributed by atoms with E-state index in [1.54, 1.807) is 12.4 Å². The number of amides is 4. The minimum absolute atomic E-state index is 0.0185. The van der Waals surface area contributed by atoms with Gasteiger partial charge in [0.15, 0.2) is 0 Å². The number of carbonyl (C=O) groups excluding carboxylic acids is 3. The Kier molecular flexibility index (Phi) is 6.96. The topological polar surface area (TPSA) is 115 Å². The minimum atomic E-state index is -0.284. The molecule has 0 saturated carbocycles. The summed E-state index contributed by atoms with van der Waals surface area (Å²) in [5, 5.41) is 11.6. The summed E-state index contributed by atoms with van der Waals surface area (Å²) >= 11 is 0. The maximum absolute atomic E-state index is 12.4. The van der Waals surface area contributed by atoms with E-state index in [9.17, 15) is 14.4 Å². The number of nitrogens with one attached hydrogen (secondary N) is 4. The average molecular weight is 437 g/mol. The Morgan fingerprint density at radius 1 is 1.16 bits per heavy atom. The van der Waals surface area contributed by atoms with Gasteiger partial charge in [-0.2, -0.15) is 0 Å². The number of aromatic nitrogens is 1. The molecule has 0 bridgehead atoms. The van der Waals surface area contributed by atoms with E-state index in [2.05, 4.69) is 31.2 Å². The second kappa shape index (κ2) is 10.2. The number of benzene rings is 1. The van der Waals surface area contributed by atoms with Gasteiger partial charge in [-0.1, -0.05) is 24.3 Å². The van der Waals surface area contributed by atoms with Gasteiger partial charge in [-0.05, 0) is 36.6 Å². The van der Waals surface area contributed by atoms with Gasteiger partial charge in [0.1, 0.15) is 0 Å². The normalized spacial score (nSPS) is 22.5. The first-order valence-corrected chi connectivity index (χ1v) is 10.9. The van der Waals surface area contributed by atoms with E-state index in [1.807, 2.05) is 42.5 Å². The van der Waals surface area contributed by atoms with Crippen LogP contribution in [0.3, 0.4) is 0 Å². The molecule has 0 unspecified atom stereocenters. The molecule has 2 aromatic rings. The van der Waals surface area contributed by atoms with Crippen molar-refractivity contribution in [2.75, 3.05) is 18.4 Å². The van der Waals surface area contributed by atoms with Crippen molar-refractivity contribution >= 4 is 23.5 Å². The standard InChI is InChI=1S/C23H28N6O3/c30-21(25-13-16-5-4-10-24-12-16)9-8-19-14-26-22(31)20-11-18(15-29(19)20)28-23(32)27-17-6-2-1-3-7-17/h1-7,10,12,18-20H,8-9,11,13-15H2,(H,25,30)(H,26,31)(H2,27,28,32)/t18-,19+,20-/m0/s1. The summed E-state index contributed by atoms with van der Waals surface area (Å²) in [4.78, 5) is 43.2. The van der Waals surface area contributed by atoms with Crippen molar-refractivity contribution < 1.29 is 14.4 Å². The molecule has 2 fully saturated rings. The highest BCUT2D eigenvalue weighted by Crippen LogP contribution is 2.26. The molecular formula is C23H28N6O3. The van der Waals surface area contributed by atoms with Crippen LogP contribution in [0, 0.1) is 0 Å². The lowest BCUT2D eigenvalue weighted by molar-refractivity contribution is -0.129. The molecule has 4 N–H and O–H groups in total. The van der Waals surface area contributed by atoms with Crippen molar-refractivity contribution in [1.82, 2.24) is 25.8 Å². The largest absolute Gasteiger partial charge is 0.353 e. The fourth-order valence-electron chi connectivity index (χ4n) is 4.31. The van der Waals surface area contributed by atoms with Crippen LogP contribution in [0.25, 0.3) is 0 Å². The molecule has 2 aliphatic rings. The number of urea groups is 1. The highest BCUT2D eigenvalue weighted by atomic mass is 16.2. The van der Waals surface area contributed by atoms with Gasteiger partial charge in [0.05, 0.1) is 6.04 Å². The summed E-state index contributed by atoms with van der Waals surface area (Å²) < 4.78 is 0. The molecule has 0 spiro atoms. The van der Waals surface area contributed by atoms with Gasteiger partial charge in [0.2, 0.25) is 11.8 Å². The number of nitrogens with zero attached hydrogens (tertiary/aromatic N) is 2. The van der Waals surface area contributed by atoms with Crippen LogP contribution < -0.4 is 21.3 Å². The van der Waals surface area contributed by atoms with Crippen molar-refractivity contribution in [2.24, 2.45) is 0 Å². The van der Waals surface area contributed by atoms with E-state index in [4.69, 9.17) is 0 Å². The number of rotatable bonds is 7. The zero-order valence-corrected chi connectivity index (χ0v) is 17.8. The monoisotopic (exact) mass is 436 g/mol. The first kappa shape index (κ1) is 21.8. The Hall–Kier alpha value is -3.46. The maximum Gasteiger partial charge on any atom is 0.319 e. The van der Waals surface area contributed by atoms with Gasteiger partial charge in [-0.25, -0.2) is 4.79 Å². The molecule has 1 aromatic heterocycles. The van der Waals surface area contributed by atoms with Crippen LogP contribution in [0.5, 0.6) is 0 Å². The van der Waals surface area contributed by atoms with Gasteiger partial charge in [-0.15, -0.1) is 0 Å². The zero-order valence-electron chi connectivity index (χ0n) is 17.8. The van der Waals surface area contributed by atoms with E-state index in [-0.39, 0.29) is 36.0 Å². The SMILES string of the molecule is O=C(CC[C@@H]1CNC(=O)[C@@H]2C[C@H](NC(=O)Nc3ccccc3)CN12)NCc1cccnc1. The first-order valence-electron chi connectivity index (χ1n) is 10.9. The van der Waals surface area contributed by atoms with E-state index < -0.39 is 0 Å². The van der Waals surface area contributed by atoms with Crippen LogP contribution in [0.4, 0.5) is 10.5 Å². The summed E-state index contributed by atoms with van der Waals surface area (Å²) in [7, 11) is 0. The van der Waals surface area contributed by atoms with Crippen LogP contribution in [0.15, 0.2) is 54.9 Å². The third-order valence-corrected chi connectivity index (χ3v) is 5.91. The van der Waals surface area contributed by atoms with Gasteiger partial charge in [0, 0.05) is 56.2 Å². The third kappa shape index (κ3) is 5.61. The number of anilines is 1. The van der Waals surface area contributed by atoms with Crippen LogP contribution in [-0.4, -0.2) is 58.9 Å². The van der Waals surface area contributed by atoms with Crippen molar-refractivity contribution in [2.45, 2.75) is 43.9 Å². The quantitative estimate of drug-likeness (QED) is 0.521. The lowest BCUT2D eigenvalue weighted by atomic mass is 10.0. The number of carbonyl (C=O) groups is 3. The summed E-state index contributed by atoms with van der Waals surface area (Å²) in [5.74, 6) is -0.0477. The molecule has 3 heterocycles. The number of para-hydroxylation sites is 1. The van der Waals surface area contributed by atoms with Crippen LogP contribution in [0.2, 0.25) is 0 Å². The van der Waals surface area contributed by atoms with Crippen LogP contribution in [0.1, 0.15) is 24.8 Å². The van der Waals surface area contributed by atoms with Gasteiger partial charge in [0.25, 0.3) is 0 Å². The van der Waals surface area contributed by atoms with Crippen LogP contribution in [-0.2, 0) is 16.1 Å². The Morgan fingerprint density at radius 2 is 2.00 bits per heavy atom. The molecule has 4 amide bonds. The van der Waals surface area contributed by atoms with Gasteiger partial charge < -0.3 is 21.3 Å². The second-order valence-electron chi connectivity index (χ2n) is 8.19.